The normalized spacial score (nSPS) is 12.0. The van der Waals surface area contributed by atoms with E-state index in [0.29, 0.717) is 84.8 Å². The Morgan fingerprint density at radius 3 is 1.22 bits per heavy atom. The van der Waals surface area contributed by atoms with Crippen LogP contribution in [-0.4, -0.2) is 141 Å². The van der Waals surface area contributed by atoms with Crippen LogP contribution in [0.3, 0.4) is 0 Å². The standard InChI is InChI=1S/C45H82FN5O14/c46-51-38(45(60)61)21-17-18-26-48-41(54)35-65-36-42(55)49-28-20-30-63-32-34-64-33-31-62-29-19-27-47-39(52)25-24-37(44(58)59)50-40(53)22-15-13-11-9-7-5-3-1-2-4-6-8-10-12-14-16-23-43(56)57/h37-38,51H,1-36H2,(H,47,52)(H,48,54)(H,49,55)(H,50,53)(H,56,57)(H,58,59)(H,60,61)/t37-,38?/m0/s1. The largest absolute Gasteiger partial charge is 0.481 e. The summed E-state index contributed by atoms with van der Waals surface area (Å²) in [4.78, 5) is 81.1. The maximum absolute atomic E-state index is 12.4. The van der Waals surface area contributed by atoms with Crippen LogP contribution >= 0.6 is 0 Å². The van der Waals surface area contributed by atoms with E-state index < -0.39 is 35.9 Å². The number of carboxylic acids is 3. The number of ether oxygens (including phenoxy) is 4. The molecular formula is C45H82FN5O14. The molecule has 0 radical (unpaired) electrons. The lowest BCUT2D eigenvalue weighted by Gasteiger charge is -2.14. The molecule has 0 heterocycles. The molecule has 0 aliphatic heterocycles. The summed E-state index contributed by atoms with van der Waals surface area (Å²) in [7, 11) is 0. The number of carbonyl (C=O) groups excluding carboxylic acids is 4. The first-order valence-corrected chi connectivity index (χ1v) is 23.9. The van der Waals surface area contributed by atoms with E-state index in [9.17, 15) is 43.1 Å². The third kappa shape index (κ3) is 43.7. The number of aliphatic carboxylic acids is 3. The molecule has 0 spiro atoms. The average Bonchev–Trinajstić information content (AvgIpc) is 3.26. The molecule has 65 heavy (non-hydrogen) atoms. The van der Waals surface area contributed by atoms with E-state index in [1.165, 1.54) is 63.3 Å². The highest BCUT2D eigenvalue weighted by molar-refractivity contribution is 5.84. The van der Waals surface area contributed by atoms with Crippen LogP contribution in [0.15, 0.2) is 0 Å². The van der Waals surface area contributed by atoms with Crippen molar-refractivity contribution in [1.82, 2.24) is 26.8 Å². The van der Waals surface area contributed by atoms with E-state index in [1.54, 1.807) is 0 Å². The molecule has 19 nitrogen and oxygen atoms in total. The van der Waals surface area contributed by atoms with E-state index in [2.05, 4.69) is 21.3 Å². The summed E-state index contributed by atoms with van der Waals surface area (Å²) in [5, 5.41) is 37.5. The zero-order valence-electron chi connectivity index (χ0n) is 38.8. The molecule has 20 heteroatoms. The molecule has 0 aromatic heterocycles. The van der Waals surface area contributed by atoms with Gasteiger partial charge in [0.25, 0.3) is 0 Å². The number of hydrogen-bond donors (Lipinski definition) is 8. The molecule has 0 bridgehead atoms. The summed E-state index contributed by atoms with van der Waals surface area (Å²) in [6, 6.07) is -2.39. The van der Waals surface area contributed by atoms with Crippen molar-refractivity contribution in [2.24, 2.45) is 0 Å². The molecule has 0 fully saturated rings. The number of unbranched alkanes of at least 4 members (excludes halogenated alkanes) is 16. The van der Waals surface area contributed by atoms with E-state index >= 15 is 0 Å². The topological polar surface area (TPSA) is 277 Å². The van der Waals surface area contributed by atoms with Crippen molar-refractivity contribution in [2.75, 3.05) is 72.5 Å². The zero-order chi connectivity index (χ0) is 48.0. The lowest BCUT2D eigenvalue weighted by molar-refractivity contribution is -0.142. The quantitative estimate of drug-likeness (QED) is 0.0302. The highest BCUT2D eigenvalue weighted by atomic mass is 19.2. The van der Waals surface area contributed by atoms with Gasteiger partial charge in [-0.1, -0.05) is 89.9 Å². The lowest BCUT2D eigenvalue weighted by Crippen LogP contribution is -2.41. The van der Waals surface area contributed by atoms with Crippen LogP contribution in [0.4, 0.5) is 4.48 Å². The van der Waals surface area contributed by atoms with Crippen molar-refractivity contribution < 1.29 is 72.3 Å². The summed E-state index contributed by atoms with van der Waals surface area (Å²) < 4.78 is 33.8. The van der Waals surface area contributed by atoms with Gasteiger partial charge in [0.15, 0.2) is 0 Å². The molecular weight excluding hydrogens is 854 g/mol. The van der Waals surface area contributed by atoms with Crippen LogP contribution in [-0.2, 0) is 52.5 Å². The Bertz CT molecular complexity index is 1270. The first-order valence-electron chi connectivity index (χ1n) is 23.9. The monoisotopic (exact) mass is 936 g/mol. The van der Waals surface area contributed by atoms with E-state index in [-0.39, 0.29) is 69.6 Å². The molecule has 2 atom stereocenters. The minimum atomic E-state index is -1.28. The Morgan fingerprint density at radius 2 is 0.785 bits per heavy atom. The lowest BCUT2D eigenvalue weighted by atomic mass is 10.0. The Balaban J connectivity index is 3.60. The fraction of sp³-hybridized carbons (Fsp3) is 0.844. The van der Waals surface area contributed by atoms with Crippen molar-refractivity contribution in [2.45, 2.75) is 173 Å². The molecule has 0 saturated heterocycles. The van der Waals surface area contributed by atoms with Gasteiger partial charge in [0, 0.05) is 52.1 Å². The number of amides is 4. The number of rotatable bonds is 49. The van der Waals surface area contributed by atoms with Crippen LogP contribution in [0.5, 0.6) is 0 Å². The van der Waals surface area contributed by atoms with Crippen LogP contribution in [0.2, 0.25) is 0 Å². The first kappa shape index (κ1) is 61.0. The highest BCUT2D eigenvalue weighted by Gasteiger charge is 2.21. The minimum absolute atomic E-state index is 0.00449. The van der Waals surface area contributed by atoms with Gasteiger partial charge < -0.3 is 55.5 Å². The average molecular weight is 936 g/mol. The molecule has 0 aromatic carbocycles. The van der Waals surface area contributed by atoms with E-state index in [4.69, 9.17) is 29.2 Å². The van der Waals surface area contributed by atoms with Gasteiger partial charge in [0.05, 0.1) is 26.4 Å². The molecule has 0 aliphatic carbocycles. The fourth-order valence-electron chi connectivity index (χ4n) is 6.53. The summed E-state index contributed by atoms with van der Waals surface area (Å²) >= 11 is 0. The fourth-order valence-corrected chi connectivity index (χ4v) is 6.53. The number of hydrogen-bond acceptors (Lipinski definition) is 12. The molecule has 378 valence electrons. The van der Waals surface area contributed by atoms with Crippen molar-refractivity contribution in [3.05, 3.63) is 0 Å². The zero-order valence-corrected chi connectivity index (χ0v) is 38.8. The van der Waals surface area contributed by atoms with Gasteiger partial charge in [-0.25, -0.2) is 4.79 Å². The Labute approximate surface area is 385 Å². The number of nitrogens with one attached hydrogen (secondary N) is 5. The van der Waals surface area contributed by atoms with Crippen molar-refractivity contribution in [3.8, 4) is 0 Å². The number of carbonyl (C=O) groups is 7. The van der Waals surface area contributed by atoms with Gasteiger partial charge in [-0.2, -0.15) is 0 Å². The predicted octanol–water partition coefficient (Wildman–Crippen LogP) is 4.74. The third-order valence-electron chi connectivity index (χ3n) is 10.3. The smallest absolute Gasteiger partial charge is 0.326 e. The van der Waals surface area contributed by atoms with Crippen LogP contribution in [0.25, 0.3) is 0 Å². The van der Waals surface area contributed by atoms with E-state index in [0.717, 1.165) is 38.5 Å². The van der Waals surface area contributed by atoms with Gasteiger partial charge in [0.2, 0.25) is 23.6 Å². The molecule has 1 unspecified atom stereocenters. The van der Waals surface area contributed by atoms with Crippen molar-refractivity contribution in [1.29, 1.82) is 0 Å². The second-order valence-electron chi connectivity index (χ2n) is 16.1. The van der Waals surface area contributed by atoms with Gasteiger partial charge in [0.1, 0.15) is 25.3 Å². The Kier molecular flexibility index (Phi) is 42.4. The van der Waals surface area contributed by atoms with Crippen molar-refractivity contribution in [3.63, 3.8) is 0 Å². The Morgan fingerprint density at radius 1 is 0.385 bits per heavy atom. The number of halogens is 1. The van der Waals surface area contributed by atoms with E-state index in [1.807, 2.05) is 0 Å². The van der Waals surface area contributed by atoms with Gasteiger partial charge in [-0.05, 0) is 51.4 Å². The second kappa shape index (κ2) is 45.2. The second-order valence-corrected chi connectivity index (χ2v) is 16.1. The van der Waals surface area contributed by atoms with Crippen LogP contribution < -0.4 is 26.8 Å². The molecule has 4 amide bonds. The maximum atomic E-state index is 12.4. The van der Waals surface area contributed by atoms with Gasteiger partial charge >= 0.3 is 17.9 Å². The maximum Gasteiger partial charge on any atom is 0.326 e. The molecule has 0 rings (SSSR count). The van der Waals surface area contributed by atoms with Crippen LogP contribution in [0, 0.1) is 0 Å². The SMILES string of the molecule is O=C(O)CCCCCCCCCCCCCCCCCCC(=O)N[C@@H](CCC(=O)NCCCOCCOCCOCCCNC(=O)COCC(=O)NCCCCC(NF)C(=O)O)C(=O)O. The van der Waals surface area contributed by atoms with Gasteiger partial charge in [-0.15, -0.1) is 10.0 Å². The molecule has 0 saturated carbocycles. The summed E-state index contributed by atoms with van der Waals surface area (Å²) in [5.74, 6) is -4.56. The Hall–Kier alpha value is -3.98. The minimum Gasteiger partial charge on any atom is -0.481 e. The molecule has 0 aliphatic rings. The van der Waals surface area contributed by atoms with Crippen LogP contribution in [0.1, 0.15) is 161 Å². The summed E-state index contributed by atoms with van der Waals surface area (Å²) in [6.07, 6.45) is 20.5. The summed E-state index contributed by atoms with van der Waals surface area (Å²) in [6.45, 7) is 2.68. The highest BCUT2D eigenvalue weighted by Crippen LogP contribution is 2.14. The summed E-state index contributed by atoms with van der Waals surface area (Å²) in [5.41, 5.74) is 1.22. The van der Waals surface area contributed by atoms with Crippen molar-refractivity contribution >= 4 is 41.5 Å². The molecule has 0 aromatic rings. The number of carboxylic acid groups (broad SMARTS) is 3. The van der Waals surface area contributed by atoms with Gasteiger partial charge in [-0.3, -0.25) is 28.8 Å². The third-order valence-corrected chi connectivity index (χ3v) is 10.3. The first-order chi connectivity index (χ1) is 31.5. The predicted molar refractivity (Wildman–Crippen MR) is 241 cm³/mol. The molecule has 8 N–H and O–H groups in total.